The summed E-state index contributed by atoms with van der Waals surface area (Å²) in [6, 6.07) is 10.2. The van der Waals surface area contributed by atoms with E-state index in [2.05, 4.69) is 20.1 Å². The van der Waals surface area contributed by atoms with E-state index >= 15 is 0 Å². The van der Waals surface area contributed by atoms with Crippen molar-refractivity contribution in [2.75, 3.05) is 12.4 Å². The Balaban J connectivity index is 1.52. The van der Waals surface area contributed by atoms with Crippen molar-refractivity contribution in [3.05, 3.63) is 65.2 Å². The smallest absolute Gasteiger partial charge is 0.416 e. The highest BCUT2D eigenvalue weighted by molar-refractivity contribution is 7.98. The number of anilines is 1. The molecule has 0 radical (unpaired) electrons. The fraction of sp³-hybridized carbons (Fsp3) is 0.417. The number of nitrogens with one attached hydrogen (secondary N) is 1. The van der Waals surface area contributed by atoms with Crippen LogP contribution in [0.25, 0.3) is 0 Å². The molecule has 1 aromatic heterocycles. The number of halogens is 4. The van der Waals surface area contributed by atoms with Crippen LogP contribution in [0.3, 0.4) is 0 Å². The van der Waals surface area contributed by atoms with Gasteiger partial charge in [-0.05, 0) is 48.7 Å². The molecule has 10 heteroatoms. The maximum Gasteiger partial charge on any atom is 0.416 e. The van der Waals surface area contributed by atoms with E-state index in [1.807, 2.05) is 6.07 Å². The molecule has 1 N–H and O–H groups in total. The summed E-state index contributed by atoms with van der Waals surface area (Å²) in [6.07, 6.45) is 1.00. The van der Waals surface area contributed by atoms with Crippen molar-refractivity contribution < 1.29 is 22.3 Å². The van der Waals surface area contributed by atoms with E-state index in [1.165, 1.54) is 37.4 Å². The monoisotopic (exact) mass is 494 g/mol. The van der Waals surface area contributed by atoms with Crippen LogP contribution >= 0.6 is 11.8 Å². The van der Waals surface area contributed by atoms with Crippen molar-refractivity contribution in [1.29, 1.82) is 0 Å². The zero-order valence-corrected chi connectivity index (χ0v) is 19.6. The maximum absolute atomic E-state index is 14.1. The molecule has 1 heterocycles. The van der Waals surface area contributed by atoms with Crippen LogP contribution in [0.15, 0.2) is 47.6 Å². The number of alkyl halides is 3. The first kappa shape index (κ1) is 24.4. The molecule has 0 amide bonds. The Bertz CT molecular complexity index is 1110. The lowest BCUT2D eigenvalue weighted by Gasteiger charge is -2.25. The second kappa shape index (κ2) is 10.7. The van der Waals surface area contributed by atoms with Crippen LogP contribution in [0.4, 0.5) is 23.2 Å². The van der Waals surface area contributed by atoms with Crippen LogP contribution in [0.5, 0.6) is 5.75 Å². The molecule has 0 unspecified atom stereocenters. The number of aromatic nitrogens is 3. The van der Waals surface area contributed by atoms with Gasteiger partial charge in [-0.25, -0.2) is 4.39 Å². The van der Waals surface area contributed by atoms with E-state index in [0.717, 1.165) is 48.5 Å². The number of rotatable bonds is 8. The highest BCUT2D eigenvalue weighted by atomic mass is 32.2. The first-order chi connectivity index (χ1) is 16.3. The Hall–Kier alpha value is -2.75. The summed E-state index contributed by atoms with van der Waals surface area (Å²) in [5.41, 5.74) is 0.468. The molecule has 0 saturated heterocycles. The summed E-state index contributed by atoms with van der Waals surface area (Å²) in [6.45, 7) is 0.253. The SMILES string of the molecule is COc1ccc(CSc2nnc(CNc3cccc(C(F)(F)F)c3)n2C2CCCCC2)cc1F. The molecule has 3 aromatic rings. The molecule has 1 fully saturated rings. The second-order valence-electron chi connectivity index (χ2n) is 8.25. The average molecular weight is 495 g/mol. The van der Waals surface area contributed by atoms with Crippen molar-refractivity contribution in [2.24, 2.45) is 0 Å². The highest BCUT2D eigenvalue weighted by Crippen LogP contribution is 2.35. The van der Waals surface area contributed by atoms with Gasteiger partial charge in [-0.1, -0.05) is 43.2 Å². The first-order valence-corrected chi connectivity index (χ1v) is 12.1. The largest absolute Gasteiger partial charge is 0.494 e. The number of hydrogen-bond acceptors (Lipinski definition) is 5. The van der Waals surface area contributed by atoms with Crippen molar-refractivity contribution in [1.82, 2.24) is 14.8 Å². The Morgan fingerprint density at radius 3 is 2.59 bits per heavy atom. The molecule has 4 rings (SSSR count). The lowest BCUT2D eigenvalue weighted by Crippen LogP contribution is -2.18. The lowest BCUT2D eigenvalue weighted by atomic mass is 9.95. The fourth-order valence-electron chi connectivity index (χ4n) is 4.17. The highest BCUT2D eigenvalue weighted by Gasteiger charge is 2.30. The van der Waals surface area contributed by atoms with Crippen LogP contribution in [-0.4, -0.2) is 21.9 Å². The Morgan fingerprint density at radius 2 is 1.88 bits per heavy atom. The average Bonchev–Trinajstić information content (AvgIpc) is 3.24. The van der Waals surface area contributed by atoms with Crippen molar-refractivity contribution in [3.8, 4) is 5.75 Å². The van der Waals surface area contributed by atoms with E-state index in [-0.39, 0.29) is 18.3 Å². The molecule has 1 saturated carbocycles. The summed E-state index contributed by atoms with van der Waals surface area (Å²) in [7, 11) is 1.43. The normalized spacial score (nSPS) is 14.9. The first-order valence-electron chi connectivity index (χ1n) is 11.2. The van der Waals surface area contributed by atoms with E-state index in [9.17, 15) is 17.6 Å². The van der Waals surface area contributed by atoms with E-state index in [4.69, 9.17) is 4.74 Å². The third kappa shape index (κ3) is 5.84. The molecule has 34 heavy (non-hydrogen) atoms. The van der Waals surface area contributed by atoms with Crippen molar-refractivity contribution >= 4 is 17.4 Å². The minimum absolute atomic E-state index is 0.196. The van der Waals surface area contributed by atoms with Crippen LogP contribution < -0.4 is 10.1 Å². The van der Waals surface area contributed by atoms with Crippen LogP contribution in [0, 0.1) is 5.82 Å². The van der Waals surface area contributed by atoms with Crippen LogP contribution in [-0.2, 0) is 18.5 Å². The van der Waals surface area contributed by atoms with E-state index in [0.29, 0.717) is 17.3 Å². The Kier molecular flexibility index (Phi) is 7.65. The van der Waals surface area contributed by atoms with Gasteiger partial charge in [0, 0.05) is 17.5 Å². The zero-order valence-electron chi connectivity index (χ0n) is 18.7. The van der Waals surface area contributed by atoms with E-state index < -0.39 is 17.6 Å². The summed E-state index contributed by atoms with van der Waals surface area (Å²) < 4.78 is 60.3. The molecule has 5 nitrogen and oxygen atoms in total. The zero-order chi connectivity index (χ0) is 24.1. The standard InChI is InChI=1S/C24H26F4N4OS/c1-33-21-11-10-16(12-20(21)25)15-34-23-31-30-22(32(23)19-8-3-2-4-9-19)14-29-18-7-5-6-17(13-18)24(26,27)28/h5-7,10-13,19,29H,2-4,8-9,14-15H2,1H3. The summed E-state index contributed by atoms with van der Waals surface area (Å²) in [4.78, 5) is 0. The predicted molar refractivity (Wildman–Crippen MR) is 123 cm³/mol. The van der Waals surface area contributed by atoms with Gasteiger partial charge < -0.3 is 14.6 Å². The van der Waals surface area contributed by atoms with Gasteiger partial charge in [-0.2, -0.15) is 13.2 Å². The summed E-state index contributed by atoms with van der Waals surface area (Å²) >= 11 is 1.47. The quantitative estimate of drug-likeness (QED) is 0.274. The summed E-state index contributed by atoms with van der Waals surface area (Å²) in [5.74, 6) is 0.961. The van der Waals surface area contributed by atoms with Gasteiger partial charge in [-0.3, -0.25) is 0 Å². The number of thioether (sulfide) groups is 1. The topological polar surface area (TPSA) is 52.0 Å². The molecular formula is C24H26F4N4OS. The second-order valence-corrected chi connectivity index (χ2v) is 9.19. The molecule has 0 aliphatic heterocycles. The minimum Gasteiger partial charge on any atom is -0.494 e. The Labute approximate surface area is 199 Å². The number of nitrogens with zero attached hydrogens (tertiary/aromatic N) is 3. The molecule has 1 aliphatic rings. The van der Waals surface area contributed by atoms with Crippen molar-refractivity contribution in [3.63, 3.8) is 0 Å². The molecule has 2 aromatic carbocycles. The van der Waals surface area contributed by atoms with Crippen LogP contribution in [0.1, 0.15) is 55.1 Å². The van der Waals surface area contributed by atoms with E-state index in [1.54, 1.807) is 12.1 Å². The number of ether oxygens (including phenoxy) is 1. The van der Waals surface area contributed by atoms with Crippen LogP contribution in [0.2, 0.25) is 0 Å². The molecule has 0 atom stereocenters. The molecule has 182 valence electrons. The van der Waals surface area contributed by atoms with Gasteiger partial charge in [0.2, 0.25) is 0 Å². The van der Waals surface area contributed by atoms with Gasteiger partial charge in [-0.15, -0.1) is 10.2 Å². The molecule has 0 spiro atoms. The van der Waals surface area contributed by atoms with Crippen molar-refractivity contribution in [2.45, 2.75) is 61.8 Å². The molecular weight excluding hydrogens is 468 g/mol. The third-order valence-corrected chi connectivity index (χ3v) is 6.91. The number of benzene rings is 2. The third-order valence-electron chi connectivity index (χ3n) is 5.90. The lowest BCUT2D eigenvalue weighted by molar-refractivity contribution is -0.137. The van der Waals surface area contributed by atoms with Gasteiger partial charge >= 0.3 is 6.18 Å². The molecule has 0 bridgehead atoms. The number of hydrogen-bond donors (Lipinski definition) is 1. The number of methoxy groups -OCH3 is 1. The summed E-state index contributed by atoms with van der Waals surface area (Å²) in [5, 5.41) is 12.5. The van der Waals surface area contributed by atoms with Gasteiger partial charge in [0.05, 0.1) is 19.2 Å². The van der Waals surface area contributed by atoms with Gasteiger partial charge in [0.1, 0.15) is 0 Å². The minimum atomic E-state index is -4.40. The van der Waals surface area contributed by atoms with Gasteiger partial charge in [0.15, 0.2) is 22.5 Å². The Morgan fingerprint density at radius 1 is 1.09 bits per heavy atom. The predicted octanol–water partition coefficient (Wildman–Crippen LogP) is 6.85. The molecule has 1 aliphatic carbocycles. The van der Waals surface area contributed by atoms with Gasteiger partial charge in [0.25, 0.3) is 0 Å². The fourth-order valence-corrected chi connectivity index (χ4v) is 5.13. The maximum atomic E-state index is 14.1.